The number of hydrogen-bond donors (Lipinski definition) is 3. The fraction of sp³-hybridized carbons (Fsp3) is 0.476. The first kappa shape index (κ1) is 21.4. The van der Waals surface area contributed by atoms with Gasteiger partial charge in [0.05, 0.1) is 24.7 Å². The zero-order valence-corrected chi connectivity index (χ0v) is 17.8. The smallest absolute Gasteiger partial charge is 0.271 e. The first-order valence-corrected chi connectivity index (χ1v) is 10.7. The lowest BCUT2D eigenvalue weighted by Gasteiger charge is -2.28. The Morgan fingerprint density at radius 1 is 1.31 bits per heavy atom. The number of aliphatic hydroxyl groups is 1. The Labute approximate surface area is 175 Å². The molecule has 7 nitrogen and oxygen atoms in total. The number of carbonyl (C=O) groups excluding carboxylic acids is 2. The Balaban J connectivity index is 1.79. The molecule has 8 heteroatoms. The second-order valence-corrected chi connectivity index (χ2v) is 8.46. The number of hydrogen-bond acceptors (Lipinski definition) is 6. The maximum atomic E-state index is 12.9. The zero-order valence-electron chi connectivity index (χ0n) is 17.0. The molecule has 3 atom stereocenters. The number of aromatic nitrogens is 1. The van der Waals surface area contributed by atoms with Gasteiger partial charge in [-0.05, 0) is 38.1 Å². The van der Waals surface area contributed by atoms with Crippen molar-refractivity contribution in [3.8, 4) is 0 Å². The summed E-state index contributed by atoms with van der Waals surface area (Å²) >= 11 is 1.25. The average molecular weight is 417 g/mol. The van der Waals surface area contributed by atoms with Crippen LogP contribution in [0.4, 0.5) is 0 Å². The van der Waals surface area contributed by atoms with Crippen molar-refractivity contribution >= 4 is 23.2 Å². The normalized spacial score (nSPS) is 19.1. The molecular weight excluding hydrogens is 388 g/mol. The molecule has 1 aromatic heterocycles. The Bertz CT molecular complexity index is 867. The second kappa shape index (κ2) is 9.47. The number of benzene rings is 1. The maximum absolute atomic E-state index is 12.9. The number of thiazole rings is 1. The third-order valence-electron chi connectivity index (χ3n) is 5.25. The lowest BCUT2D eigenvalue weighted by Crippen LogP contribution is -2.50. The fourth-order valence-corrected chi connectivity index (χ4v) is 4.42. The van der Waals surface area contributed by atoms with Gasteiger partial charge in [0.1, 0.15) is 10.7 Å². The van der Waals surface area contributed by atoms with Crippen LogP contribution in [-0.2, 0) is 17.8 Å². The SMILES string of the molecule is CCC[C@@H](C(=O)N[C@@H]1Cc2ccccc2[C@H]1NC(=O)c1csc(CO)n1)N(C)C. The quantitative estimate of drug-likeness (QED) is 0.611. The molecule has 0 aliphatic heterocycles. The van der Waals surface area contributed by atoms with Crippen molar-refractivity contribution in [2.24, 2.45) is 0 Å². The van der Waals surface area contributed by atoms with E-state index in [1.54, 1.807) is 5.38 Å². The standard InChI is InChI=1S/C21H28N4O3S/c1-4-7-17(25(2)3)21(28)23-15-10-13-8-5-6-9-14(13)19(15)24-20(27)16-12-29-18(11-26)22-16/h5-6,8-9,12,15,17,19,26H,4,7,10-11H2,1-3H3,(H,23,28)(H,24,27)/t15-,17+,19-/m1/s1. The van der Waals surface area contributed by atoms with Gasteiger partial charge in [-0.2, -0.15) is 0 Å². The highest BCUT2D eigenvalue weighted by Gasteiger charge is 2.36. The molecule has 0 saturated heterocycles. The molecule has 0 spiro atoms. The fourth-order valence-electron chi connectivity index (χ4n) is 3.79. The van der Waals surface area contributed by atoms with Gasteiger partial charge in [-0.15, -0.1) is 11.3 Å². The molecule has 2 amide bonds. The van der Waals surface area contributed by atoms with E-state index in [4.69, 9.17) is 0 Å². The van der Waals surface area contributed by atoms with Crippen LogP contribution in [-0.4, -0.2) is 53.0 Å². The molecule has 0 unspecified atom stereocenters. The van der Waals surface area contributed by atoms with Gasteiger partial charge in [0.2, 0.25) is 5.91 Å². The minimum atomic E-state index is -0.327. The molecule has 0 saturated carbocycles. The van der Waals surface area contributed by atoms with Crippen LogP contribution in [0.2, 0.25) is 0 Å². The van der Waals surface area contributed by atoms with Crippen LogP contribution in [0.1, 0.15) is 52.4 Å². The molecule has 0 bridgehead atoms. The predicted octanol–water partition coefficient (Wildman–Crippen LogP) is 1.88. The number of amides is 2. The van der Waals surface area contributed by atoms with E-state index in [9.17, 15) is 14.7 Å². The van der Waals surface area contributed by atoms with E-state index in [2.05, 4.69) is 22.5 Å². The van der Waals surface area contributed by atoms with Crippen LogP contribution in [0.3, 0.4) is 0 Å². The van der Waals surface area contributed by atoms with E-state index < -0.39 is 0 Å². The summed E-state index contributed by atoms with van der Waals surface area (Å²) in [6.07, 6.45) is 2.36. The van der Waals surface area contributed by atoms with Crippen LogP contribution < -0.4 is 10.6 Å². The minimum Gasteiger partial charge on any atom is -0.389 e. The van der Waals surface area contributed by atoms with Crippen LogP contribution in [0.5, 0.6) is 0 Å². The van der Waals surface area contributed by atoms with E-state index in [0.29, 0.717) is 11.4 Å². The highest BCUT2D eigenvalue weighted by Crippen LogP contribution is 2.32. The summed E-state index contributed by atoms with van der Waals surface area (Å²) in [6.45, 7) is 1.87. The molecule has 1 aliphatic rings. The third kappa shape index (κ3) is 4.83. The van der Waals surface area contributed by atoms with Crippen molar-refractivity contribution in [1.82, 2.24) is 20.5 Å². The van der Waals surface area contributed by atoms with Crippen molar-refractivity contribution in [1.29, 1.82) is 0 Å². The molecular formula is C21H28N4O3S. The summed E-state index contributed by atoms with van der Waals surface area (Å²) < 4.78 is 0. The van der Waals surface area contributed by atoms with Crippen LogP contribution in [0, 0.1) is 0 Å². The van der Waals surface area contributed by atoms with Gasteiger partial charge in [-0.3, -0.25) is 14.5 Å². The topological polar surface area (TPSA) is 94.6 Å². The molecule has 2 aromatic rings. The van der Waals surface area contributed by atoms with Crippen molar-refractivity contribution in [3.63, 3.8) is 0 Å². The molecule has 0 fully saturated rings. The van der Waals surface area contributed by atoms with Gasteiger partial charge < -0.3 is 15.7 Å². The highest BCUT2D eigenvalue weighted by molar-refractivity contribution is 7.09. The van der Waals surface area contributed by atoms with Gasteiger partial charge in [0, 0.05) is 5.38 Å². The Morgan fingerprint density at radius 3 is 2.72 bits per heavy atom. The summed E-state index contributed by atoms with van der Waals surface area (Å²) in [5.41, 5.74) is 2.42. The molecule has 1 aliphatic carbocycles. The van der Waals surface area contributed by atoms with Crippen LogP contribution in [0.15, 0.2) is 29.6 Å². The number of carbonyl (C=O) groups is 2. The Morgan fingerprint density at radius 2 is 2.07 bits per heavy atom. The van der Waals surface area contributed by atoms with E-state index in [1.165, 1.54) is 11.3 Å². The Kier molecular flexibility index (Phi) is 7.00. The molecule has 0 radical (unpaired) electrons. The van der Waals surface area contributed by atoms with E-state index in [1.807, 2.05) is 43.3 Å². The molecule has 1 heterocycles. The van der Waals surface area contributed by atoms with Crippen molar-refractivity contribution in [3.05, 3.63) is 51.5 Å². The van der Waals surface area contributed by atoms with Crippen LogP contribution in [0.25, 0.3) is 0 Å². The number of nitrogens with zero attached hydrogens (tertiary/aromatic N) is 2. The zero-order chi connectivity index (χ0) is 21.0. The Hall–Kier alpha value is -2.29. The van der Waals surface area contributed by atoms with E-state index in [-0.39, 0.29) is 42.2 Å². The predicted molar refractivity (Wildman–Crippen MR) is 113 cm³/mol. The van der Waals surface area contributed by atoms with Crippen molar-refractivity contribution in [2.75, 3.05) is 14.1 Å². The van der Waals surface area contributed by atoms with Crippen molar-refractivity contribution < 1.29 is 14.7 Å². The number of likely N-dealkylation sites (N-methyl/N-ethyl adjacent to an activating group) is 1. The van der Waals surface area contributed by atoms with Crippen LogP contribution >= 0.6 is 11.3 Å². The summed E-state index contributed by atoms with van der Waals surface area (Å²) in [7, 11) is 3.81. The molecule has 156 valence electrons. The minimum absolute atomic E-state index is 0.0230. The lowest BCUT2D eigenvalue weighted by molar-refractivity contribution is -0.126. The van der Waals surface area contributed by atoms with Gasteiger partial charge >= 0.3 is 0 Å². The molecule has 3 rings (SSSR count). The number of aliphatic hydroxyl groups excluding tert-OH is 1. The average Bonchev–Trinajstić information content (AvgIpc) is 3.31. The molecule has 29 heavy (non-hydrogen) atoms. The van der Waals surface area contributed by atoms with Gasteiger partial charge in [0.15, 0.2) is 0 Å². The van der Waals surface area contributed by atoms with Gasteiger partial charge in [-0.1, -0.05) is 37.6 Å². The van der Waals surface area contributed by atoms with E-state index >= 15 is 0 Å². The second-order valence-electron chi connectivity index (χ2n) is 7.52. The monoisotopic (exact) mass is 416 g/mol. The van der Waals surface area contributed by atoms with Crippen molar-refractivity contribution in [2.45, 2.75) is 50.9 Å². The first-order chi connectivity index (χ1) is 13.9. The number of rotatable bonds is 8. The molecule has 3 N–H and O–H groups in total. The molecule has 1 aromatic carbocycles. The number of fused-ring (bicyclic) bond motifs is 1. The third-order valence-corrected chi connectivity index (χ3v) is 6.09. The lowest BCUT2D eigenvalue weighted by atomic mass is 10.1. The van der Waals surface area contributed by atoms with Gasteiger partial charge in [0.25, 0.3) is 5.91 Å². The summed E-state index contributed by atoms with van der Waals surface area (Å²) in [6, 6.07) is 7.17. The summed E-state index contributed by atoms with van der Waals surface area (Å²) in [5.74, 6) is -0.329. The first-order valence-electron chi connectivity index (χ1n) is 9.85. The highest BCUT2D eigenvalue weighted by atomic mass is 32.1. The van der Waals surface area contributed by atoms with Gasteiger partial charge in [-0.25, -0.2) is 4.98 Å². The largest absolute Gasteiger partial charge is 0.389 e. The maximum Gasteiger partial charge on any atom is 0.271 e. The summed E-state index contributed by atoms with van der Waals surface area (Å²) in [5, 5.41) is 17.5. The van der Waals surface area contributed by atoms with E-state index in [0.717, 1.165) is 24.0 Å². The summed E-state index contributed by atoms with van der Waals surface area (Å²) in [4.78, 5) is 31.7. The number of nitrogens with one attached hydrogen (secondary N) is 2.